The molecular weight excluding hydrogens is 217 g/mol. The third-order valence-corrected chi connectivity index (χ3v) is 3.21. The number of aromatic nitrogens is 2. The first kappa shape index (κ1) is 10.5. The molecule has 1 fully saturated rings. The van der Waals surface area contributed by atoms with Crippen molar-refractivity contribution in [3.05, 3.63) is 41.5 Å². The highest BCUT2D eigenvalue weighted by Gasteiger charge is 2.24. The molecule has 88 valence electrons. The lowest BCUT2D eigenvalue weighted by Gasteiger charge is -2.25. The molecule has 0 amide bonds. The second kappa shape index (κ2) is 3.96. The van der Waals surface area contributed by atoms with Crippen LogP contribution in [0.1, 0.15) is 17.3 Å². The van der Waals surface area contributed by atoms with Gasteiger partial charge in [0.2, 0.25) is 0 Å². The van der Waals surface area contributed by atoms with E-state index in [2.05, 4.69) is 15.3 Å². The lowest BCUT2D eigenvalue weighted by atomic mass is 9.98. The molecule has 4 heteroatoms. The monoisotopic (exact) mass is 231 g/mol. The van der Waals surface area contributed by atoms with Crippen LogP contribution in [-0.4, -0.2) is 23.1 Å². The van der Waals surface area contributed by atoms with Gasteiger partial charge in [-0.3, -0.25) is 0 Å². The number of rotatable bonds is 2. The molecule has 0 bridgehead atoms. The highest BCUT2D eigenvalue weighted by Crippen LogP contribution is 2.25. The van der Waals surface area contributed by atoms with Crippen LogP contribution in [0.5, 0.6) is 0 Å². The van der Waals surface area contributed by atoms with Crippen molar-refractivity contribution in [3.63, 3.8) is 0 Å². The standard InChI is InChI=1S/C13H14FN3/c1-8-12(10-6-15-7-10)17-13(16-8)9-2-4-11(14)5-3-9/h2-5,10,15H,6-7H2,1H3,(H,16,17). The SMILES string of the molecule is Cc1[nH]c(-c2ccc(F)cc2)nc1C1CNC1. The van der Waals surface area contributed by atoms with E-state index in [0.717, 1.165) is 35.9 Å². The minimum atomic E-state index is -0.222. The number of hydrogen-bond acceptors (Lipinski definition) is 2. The Bertz CT molecular complexity index is 526. The number of imidazole rings is 1. The summed E-state index contributed by atoms with van der Waals surface area (Å²) in [6, 6.07) is 6.41. The number of aromatic amines is 1. The number of halogens is 1. The zero-order chi connectivity index (χ0) is 11.8. The van der Waals surface area contributed by atoms with Gasteiger partial charge in [-0.05, 0) is 31.2 Å². The maximum atomic E-state index is 12.8. The largest absolute Gasteiger partial charge is 0.342 e. The average Bonchev–Trinajstić information content (AvgIpc) is 2.60. The van der Waals surface area contributed by atoms with Crippen molar-refractivity contribution in [1.29, 1.82) is 0 Å². The fourth-order valence-electron chi connectivity index (χ4n) is 2.10. The van der Waals surface area contributed by atoms with Crippen molar-refractivity contribution in [1.82, 2.24) is 15.3 Å². The van der Waals surface area contributed by atoms with E-state index in [0.29, 0.717) is 5.92 Å². The molecule has 17 heavy (non-hydrogen) atoms. The highest BCUT2D eigenvalue weighted by atomic mass is 19.1. The molecule has 0 radical (unpaired) electrons. The molecule has 3 nitrogen and oxygen atoms in total. The molecule has 0 aliphatic carbocycles. The predicted octanol–water partition coefficient (Wildman–Crippen LogP) is 2.21. The molecular formula is C13H14FN3. The molecule has 3 rings (SSSR count). The minimum Gasteiger partial charge on any atom is -0.342 e. The second-order valence-corrected chi connectivity index (χ2v) is 4.46. The quantitative estimate of drug-likeness (QED) is 0.832. The first-order valence-corrected chi connectivity index (χ1v) is 5.77. The van der Waals surface area contributed by atoms with Crippen molar-refractivity contribution in [2.75, 3.05) is 13.1 Å². The van der Waals surface area contributed by atoms with Crippen molar-refractivity contribution in [2.45, 2.75) is 12.8 Å². The van der Waals surface area contributed by atoms with Gasteiger partial charge in [-0.25, -0.2) is 9.37 Å². The van der Waals surface area contributed by atoms with E-state index in [9.17, 15) is 4.39 Å². The number of hydrogen-bond donors (Lipinski definition) is 2. The van der Waals surface area contributed by atoms with Crippen molar-refractivity contribution >= 4 is 0 Å². The number of benzene rings is 1. The molecule has 1 aliphatic heterocycles. The van der Waals surface area contributed by atoms with Crippen LogP contribution in [0.25, 0.3) is 11.4 Å². The molecule has 0 unspecified atom stereocenters. The van der Waals surface area contributed by atoms with E-state index in [-0.39, 0.29) is 5.82 Å². The molecule has 1 saturated heterocycles. The summed E-state index contributed by atoms with van der Waals surface area (Å²) >= 11 is 0. The smallest absolute Gasteiger partial charge is 0.137 e. The minimum absolute atomic E-state index is 0.222. The Kier molecular flexibility index (Phi) is 2.44. The summed E-state index contributed by atoms with van der Waals surface area (Å²) in [5.74, 6) is 1.12. The first-order valence-electron chi connectivity index (χ1n) is 5.77. The van der Waals surface area contributed by atoms with Crippen molar-refractivity contribution < 1.29 is 4.39 Å². The van der Waals surface area contributed by atoms with Crippen molar-refractivity contribution in [3.8, 4) is 11.4 Å². The van der Waals surface area contributed by atoms with E-state index >= 15 is 0 Å². The summed E-state index contributed by atoms with van der Waals surface area (Å²) in [7, 11) is 0. The van der Waals surface area contributed by atoms with Crippen LogP contribution in [-0.2, 0) is 0 Å². The van der Waals surface area contributed by atoms with Gasteiger partial charge < -0.3 is 10.3 Å². The number of nitrogens with zero attached hydrogens (tertiary/aromatic N) is 1. The first-order chi connectivity index (χ1) is 8.24. The van der Waals surface area contributed by atoms with Gasteiger partial charge in [0.05, 0.1) is 5.69 Å². The number of aryl methyl sites for hydroxylation is 1. The van der Waals surface area contributed by atoms with Crippen LogP contribution in [0, 0.1) is 12.7 Å². The zero-order valence-electron chi connectivity index (χ0n) is 9.63. The Morgan fingerprint density at radius 1 is 1.24 bits per heavy atom. The Hall–Kier alpha value is -1.68. The van der Waals surface area contributed by atoms with E-state index in [1.807, 2.05) is 6.92 Å². The zero-order valence-corrected chi connectivity index (χ0v) is 9.63. The molecule has 0 spiro atoms. The van der Waals surface area contributed by atoms with Gasteiger partial charge in [-0.15, -0.1) is 0 Å². The van der Waals surface area contributed by atoms with Crippen molar-refractivity contribution in [2.24, 2.45) is 0 Å². The van der Waals surface area contributed by atoms with Crippen LogP contribution >= 0.6 is 0 Å². The number of H-pyrrole nitrogens is 1. The van der Waals surface area contributed by atoms with Crippen LogP contribution in [0.3, 0.4) is 0 Å². The van der Waals surface area contributed by atoms with E-state index < -0.39 is 0 Å². The molecule has 2 heterocycles. The molecule has 0 saturated carbocycles. The van der Waals surface area contributed by atoms with Crippen LogP contribution in [0.2, 0.25) is 0 Å². The molecule has 1 aromatic carbocycles. The van der Waals surface area contributed by atoms with Gasteiger partial charge in [0.1, 0.15) is 11.6 Å². The van der Waals surface area contributed by atoms with E-state index in [4.69, 9.17) is 0 Å². The van der Waals surface area contributed by atoms with Gasteiger partial charge in [0.25, 0.3) is 0 Å². The normalized spacial score (nSPS) is 15.9. The van der Waals surface area contributed by atoms with Gasteiger partial charge in [0, 0.05) is 30.3 Å². The lowest BCUT2D eigenvalue weighted by molar-refractivity contribution is 0.439. The molecule has 1 aliphatic rings. The number of nitrogens with one attached hydrogen (secondary N) is 2. The van der Waals surface area contributed by atoms with E-state index in [1.54, 1.807) is 12.1 Å². The average molecular weight is 231 g/mol. The Morgan fingerprint density at radius 2 is 1.94 bits per heavy atom. The molecule has 2 aromatic rings. The van der Waals surface area contributed by atoms with Crippen LogP contribution < -0.4 is 5.32 Å². The topological polar surface area (TPSA) is 40.7 Å². The molecule has 2 N–H and O–H groups in total. The third kappa shape index (κ3) is 1.85. The summed E-state index contributed by atoms with van der Waals surface area (Å²) in [5.41, 5.74) is 3.16. The summed E-state index contributed by atoms with van der Waals surface area (Å²) < 4.78 is 12.8. The van der Waals surface area contributed by atoms with Crippen LogP contribution in [0.4, 0.5) is 4.39 Å². The Labute approximate surface area is 99.1 Å². The maximum absolute atomic E-state index is 12.8. The van der Waals surface area contributed by atoms with E-state index in [1.165, 1.54) is 12.1 Å². The van der Waals surface area contributed by atoms with Gasteiger partial charge >= 0.3 is 0 Å². The fraction of sp³-hybridized carbons (Fsp3) is 0.308. The van der Waals surface area contributed by atoms with Crippen LogP contribution in [0.15, 0.2) is 24.3 Å². The summed E-state index contributed by atoms with van der Waals surface area (Å²) in [4.78, 5) is 7.88. The maximum Gasteiger partial charge on any atom is 0.137 e. The Balaban J connectivity index is 1.95. The highest BCUT2D eigenvalue weighted by molar-refractivity contribution is 5.56. The Morgan fingerprint density at radius 3 is 2.53 bits per heavy atom. The molecule has 0 atom stereocenters. The van der Waals surface area contributed by atoms with Gasteiger partial charge in [0.15, 0.2) is 0 Å². The summed E-state index contributed by atoms with van der Waals surface area (Å²) in [5, 5.41) is 3.24. The summed E-state index contributed by atoms with van der Waals surface area (Å²) in [6.45, 7) is 4.02. The van der Waals surface area contributed by atoms with Gasteiger partial charge in [-0.2, -0.15) is 0 Å². The molecule has 1 aromatic heterocycles. The summed E-state index contributed by atoms with van der Waals surface area (Å²) in [6.07, 6.45) is 0. The predicted molar refractivity (Wildman–Crippen MR) is 64.3 cm³/mol. The lowest BCUT2D eigenvalue weighted by Crippen LogP contribution is -2.40. The second-order valence-electron chi connectivity index (χ2n) is 4.46. The third-order valence-electron chi connectivity index (χ3n) is 3.21. The fourth-order valence-corrected chi connectivity index (χ4v) is 2.10. The van der Waals surface area contributed by atoms with Gasteiger partial charge in [-0.1, -0.05) is 0 Å².